The summed E-state index contributed by atoms with van der Waals surface area (Å²) in [7, 11) is -4.28. The van der Waals surface area contributed by atoms with Crippen LogP contribution in [0.5, 0.6) is 0 Å². The largest absolute Gasteiger partial charge is 0.472 e. The summed E-state index contributed by atoms with van der Waals surface area (Å²) in [6.45, 7) is 7.17. The van der Waals surface area contributed by atoms with E-state index >= 15 is 0 Å². The summed E-state index contributed by atoms with van der Waals surface area (Å²) in [4.78, 5) is 57.5. The molecule has 0 aromatic rings. The quantitative estimate of drug-likeness (QED) is 0.181. The lowest BCUT2D eigenvalue weighted by molar-refractivity contribution is -0.149. The number of thioether (sulfide) groups is 1. The number of carbonyl (C=O) groups excluding carboxylic acids is 4. The zero-order valence-electron chi connectivity index (χ0n) is 19.3. The average Bonchev–Trinajstić information content (AvgIpc) is 2.72. The topological polar surface area (TPSA) is 167 Å². The molecule has 1 fully saturated rings. The lowest BCUT2D eigenvalue weighted by atomic mass is 9.87. The maximum absolute atomic E-state index is 12.3. The van der Waals surface area contributed by atoms with E-state index in [4.69, 9.17) is 18.5 Å². The lowest BCUT2D eigenvalue weighted by Gasteiger charge is -2.38. The number of ether oxygens (including phenoxy) is 2. The summed E-state index contributed by atoms with van der Waals surface area (Å²) in [5.74, 6) is -1.62. The molecular weight excluding hydrogens is 479 g/mol. The molecule has 190 valence electrons. The van der Waals surface area contributed by atoms with Crippen molar-refractivity contribution in [3.05, 3.63) is 0 Å². The summed E-state index contributed by atoms with van der Waals surface area (Å²) in [6.07, 6.45) is -1.34. The highest BCUT2D eigenvalue weighted by atomic mass is 32.2. The second kappa shape index (κ2) is 13.9. The number of rotatable bonds is 13. The minimum absolute atomic E-state index is 0.00134. The molecule has 1 heterocycles. The molecule has 33 heavy (non-hydrogen) atoms. The molecule has 0 aromatic heterocycles. The van der Waals surface area contributed by atoms with Gasteiger partial charge in [-0.25, -0.2) is 4.57 Å². The molecule has 14 heteroatoms. The molecular formula is C19H33N2O10PS. The first-order valence-electron chi connectivity index (χ1n) is 10.6. The van der Waals surface area contributed by atoms with Gasteiger partial charge >= 0.3 is 19.8 Å². The third kappa shape index (κ3) is 10.9. The fourth-order valence-electron chi connectivity index (χ4n) is 2.72. The Morgan fingerprint density at radius 3 is 2.45 bits per heavy atom. The van der Waals surface area contributed by atoms with Gasteiger partial charge in [0.2, 0.25) is 11.8 Å². The molecule has 0 aliphatic carbocycles. The van der Waals surface area contributed by atoms with Gasteiger partial charge in [-0.3, -0.25) is 28.2 Å². The van der Waals surface area contributed by atoms with E-state index in [1.165, 1.54) is 11.8 Å². The lowest BCUT2D eigenvalue weighted by Crippen LogP contribution is -2.49. The van der Waals surface area contributed by atoms with Gasteiger partial charge in [-0.1, -0.05) is 13.8 Å². The van der Waals surface area contributed by atoms with Crippen molar-refractivity contribution in [2.45, 2.75) is 51.9 Å². The fraction of sp³-hybridized carbons (Fsp3) is 0.789. The van der Waals surface area contributed by atoms with Gasteiger partial charge in [0.25, 0.3) is 0 Å². The molecule has 1 saturated heterocycles. The third-order valence-electron chi connectivity index (χ3n) is 4.39. The van der Waals surface area contributed by atoms with Crippen molar-refractivity contribution in [1.29, 1.82) is 0 Å². The highest BCUT2D eigenvalue weighted by molar-refractivity contribution is 8.00. The monoisotopic (exact) mass is 512 g/mol. The van der Waals surface area contributed by atoms with Gasteiger partial charge in [0.05, 0.1) is 26.2 Å². The van der Waals surface area contributed by atoms with Crippen LogP contribution < -0.4 is 10.6 Å². The van der Waals surface area contributed by atoms with Crippen LogP contribution in [0.3, 0.4) is 0 Å². The zero-order valence-corrected chi connectivity index (χ0v) is 21.0. The summed E-state index contributed by atoms with van der Waals surface area (Å²) in [5, 5.41) is 4.44. The Morgan fingerprint density at radius 1 is 1.15 bits per heavy atom. The van der Waals surface area contributed by atoms with Crippen molar-refractivity contribution in [1.82, 2.24) is 10.6 Å². The van der Waals surface area contributed by atoms with Crippen LogP contribution in [0.4, 0.5) is 0 Å². The van der Waals surface area contributed by atoms with Crippen LogP contribution in [0.1, 0.15) is 40.5 Å². The van der Waals surface area contributed by atoms with Gasteiger partial charge in [0.1, 0.15) is 5.25 Å². The Morgan fingerprint density at radius 2 is 1.82 bits per heavy atom. The molecule has 12 nitrogen and oxygen atoms in total. The number of phosphoric acid groups is 1. The van der Waals surface area contributed by atoms with Crippen molar-refractivity contribution >= 4 is 43.3 Å². The van der Waals surface area contributed by atoms with E-state index in [0.717, 1.165) is 0 Å². The van der Waals surface area contributed by atoms with E-state index in [1.54, 1.807) is 27.7 Å². The summed E-state index contributed by atoms with van der Waals surface area (Å²) in [6, 6.07) is 0. The SMILES string of the molecule is CCOC(=O)CC(SCCNC(=O)CCNC(=O)[C@@H]1OP(=O)(O)OCC1(C)C)C(=O)OCC. The molecule has 0 spiro atoms. The smallest absolute Gasteiger partial charge is 0.466 e. The van der Waals surface area contributed by atoms with Crippen molar-refractivity contribution in [3.8, 4) is 0 Å². The Labute approximate surface area is 197 Å². The number of nitrogens with one attached hydrogen (secondary N) is 2. The number of carbonyl (C=O) groups is 4. The van der Waals surface area contributed by atoms with Crippen molar-refractivity contribution < 1.29 is 47.2 Å². The molecule has 3 N–H and O–H groups in total. The molecule has 1 aliphatic rings. The van der Waals surface area contributed by atoms with Crippen LogP contribution in [0, 0.1) is 5.41 Å². The van der Waals surface area contributed by atoms with Crippen LogP contribution in [-0.4, -0.2) is 78.7 Å². The van der Waals surface area contributed by atoms with E-state index in [9.17, 15) is 28.6 Å². The molecule has 0 aromatic carbocycles. The Balaban J connectivity index is 2.36. The van der Waals surface area contributed by atoms with Crippen LogP contribution in [0.2, 0.25) is 0 Å². The van der Waals surface area contributed by atoms with Crippen LogP contribution in [0.15, 0.2) is 0 Å². The fourth-order valence-corrected chi connectivity index (χ4v) is 4.89. The Kier molecular flexibility index (Phi) is 12.4. The predicted molar refractivity (Wildman–Crippen MR) is 119 cm³/mol. The highest BCUT2D eigenvalue weighted by Gasteiger charge is 2.47. The van der Waals surface area contributed by atoms with Crippen LogP contribution in [-0.2, 0) is 42.3 Å². The minimum atomic E-state index is -4.28. The first kappa shape index (κ1) is 29.4. The van der Waals surface area contributed by atoms with E-state index in [1.807, 2.05) is 0 Å². The van der Waals surface area contributed by atoms with Gasteiger partial charge in [-0.15, -0.1) is 11.8 Å². The number of phosphoric ester groups is 1. The predicted octanol–water partition coefficient (Wildman–Crippen LogP) is 0.769. The summed E-state index contributed by atoms with van der Waals surface area (Å²) < 4.78 is 31.0. The van der Waals surface area contributed by atoms with Gasteiger partial charge in [0, 0.05) is 30.7 Å². The number of amides is 2. The molecule has 1 rings (SSSR count). The summed E-state index contributed by atoms with van der Waals surface area (Å²) in [5.41, 5.74) is -0.820. The first-order chi connectivity index (χ1) is 15.4. The van der Waals surface area contributed by atoms with Crippen molar-refractivity contribution in [2.75, 3.05) is 38.7 Å². The first-order valence-corrected chi connectivity index (χ1v) is 13.1. The second-order valence-electron chi connectivity index (χ2n) is 7.73. The third-order valence-corrected chi connectivity index (χ3v) is 6.52. The van der Waals surface area contributed by atoms with E-state index in [0.29, 0.717) is 5.75 Å². The molecule has 2 unspecified atom stereocenters. The van der Waals surface area contributed by atoms with E-state index < -0.39 is 42.4 Å². The molecule has 2 amide bonds. The highest BCUT2D eigenvalue weighted by Crippen LogP contribution is 2.52. The van der Waals surface area contributed by atoms with Gasteiger partial charge < -0.3 is 25.0 Å². The molecule has 1 aliphatic heterocycles. The van der Waals surface area contributed by atoms with Gasteiger partial charge in [0.15, 0.2) is 6.10 Å². The average molecular weight is 513 g/mol. The maximum atomic E-state index is 12.3. The zero-order chi connectivity index (χ0) is 25.1. The Hall–Kier alpha value is -1.66. The molecule has 0 radical (unpaired) electrons. The van der Waals surface area contributed by atoms with Crippen molar-refractivity contribution in [3.63, 3.8) is 0 Å². The van der Waals surface area contributed by atoms with Crippen LogP contribution >= 0.6 is 19.6 Å². The second-order valence-corrected chi connectivity index (χ2v) is 10.4. The molecule has 0 saturated carbocycles. The van der Waals surface area contributed by atoms with E-state index in [2.05, 4.69) is 10.6 Å². The van der Waals surface area contributed by atoms with Crippen LogP contribution in [0.25, 0.3) is 0 Å². The van der Waals surface area contributed by atoms with Gasteiger partial charge in [-0.2, -0.15) is 0 Å². The number of hydrogen-bond donors (Lipinski definition) is 3. The normalized spacial score (nSPS) is 22.6. The van der Waals surface area contributed by atoms with Gasteiger partial charge in [-0.05, 0) is 13.8 Å². The number of hydrogen-bond acceptors (Lipinski definition) is 10. The van der Waals surface area contributed by atoms with E-state index in [-0.39, 0.29) is 51.7 Å². The van der Waals surface area contributed by atoms with Crippen molar-refractivity contribution in [2.24, 2.45) is 5.41 Å². The maximum Gasteiger partial charge on any atom is 0.472 e. The summed E-state index contributed by atoms with van der Waals surface area (Å²) >= 11 is 1.17. The molecule has 0 bridgehead atoms. The molecule has 3 atom stereocenters. The number of esters is 2. The standard InChI is InChI=1S/C19H33N2O10PS/c1-5-28-15(23)11-13(18(25)29-6-2)33-10-9-20-14(22)7-8-21-17(24)16-19(3,4)12-30-32(26,27)31-16/h13,16H,5-12H2,1-4H3,(H,20,22)(H,21,24)(H,26,27)/t13?,16-/m0/s1. The Bertz CT molecular complexity index is 748. The minimum Gasteiger partial charge on any atom is -0.466 e.